The van der Waals surface area contributed by atoms with Crippen molar-refractivity contribution in [2.75, 3.05) is 0 Å². The molecule has 2 rings (SSSR count). The monoisotopic (exact) mass is 274 g/mol. The summed E-state index contributed by atoms with van der Waals surface area (Å²) in [5.41, 5.74) is 1.08. The molecule has 0 saturated carbocycles. The van der Waals surface area contributed by atoms with Crippen LogP contribution in [0.4, 0.5) is 0 Å². The Morgan fingerprint density at radius 3 is 2.40 bits per heavy atom. The summed E-state index contributed by atoms with van der Waals surface area (Å²) >= 11 is 0. The highest BCUT2D eigenvalue weighted by atomic mass is 16.2. The number of nitrogens with zero attached hydrogens (tertiary/aromatic N) is 1. The standard InChI is InChI=1S/C16H22N2O2/c1-4-13-16(20)18(11(3)15(19)17-13)14(5-2)12-9-7-6-8-10-12/h6-11,13-14H,4-5H2,1-3H3,(H,17,19). The van der Waals surface area contributed by atoms with Crippen LogP contribution in [0, 0.1) is 0 Å². The zero-order valence-electron chi connectivity index (χ0n) is 12.3. The first kappa shape index (κ1) is 14.6. The Morgan fingerprint density at radius 1 is 1.20 bits per heavy atom. The predicted molar refractivity (Wildman–Crippen MR) is 78.0 cm³/mol. The third-order valence-corrected chi connectivity index (χ3v) is 3.98. The second-order valence-corrected chi connectivity index (χ2v) is 5.23. The highest BCUT2D eigenvalue weighted by Gasteiger charge is 2.40. The Kier molecular flexibility index (Phi) is 4.42. The fraction of sp³-hybridized carbons (Fsp3) is 0.500. The minimum Gasteiger partial charge on any atom is -0.343 e. The highest BCUT2D eigenvalue weighted by molar-refractivity contribution is 5.96. The van der Waals surface area contributed by atoms with Crippen molar-refractivity contribution >= 4 is 11.8 Å². The van der Waals surface area contributed by atoms with E-state index in [4.69, 9.17) is 0 Å². The van der Waals surface area contributed by atoms with Crippen molar-refractivity contribution < 1.29 is 9.59 Å². The minimum absolute atomic E-state index is 0.0234. The number of rotatable bonds is 4. The topological polar surface area (TPSA) is 49.4 Å². The first-order valence-electron chi connectivity index (χ1n) is 7.27. The first-order valence-corrected chi connectivity index (χ1v) is 7.27. The molecule has 0 aromatic heterocycles. The van der Waals surface area contributed by atoms with Gasteiger partial charge in [-0.1, -0.05) is 44.2 Å². The molecule has 1 heterocycles. The van der Waals surface area contributed by atoms with Crippen LogP contribution in [-0.2, 0) is 9.59 Å². The lowest BCUT2D eigenvalue weighted by Gasteiger charge is -2.42. The van der Waals surface area contributed by atoms with Gasteiger partial charge < -0.3 is 10.2 Å². The number of amides is 2. The normalized spacial score (nSPS) is 24.4. The van der Waals surface area contributed by atoms with Crippen molar-refractivity contribution in [2.24, 2.45) is 0 Å². The number of nitrogens with one attached hydrogen (secondary N) is 1. The summed E-state index contributed by atoms with van der Waals surface area (Å²) in [6.45, 7) is 5.76. The summed E-state index contributed by atoms with van der Waals surface area (Å²) in [6.07, 6.45) is 1.42. The molecular formula is C16H22N2O2. The maximum absolute atomic E-state index is 12.6. The summed E-state index contributed by atoms with van der Waals surface area (Å²) in [5.74, 6) is -0.0406. The fourth-order valence-electron chi connectivity index (χ4n) is 2.82. The molecule has 1 fully saturated rings. The Balaban J connectivity index is 2.35. The van der Waals surface area contributed by atoms with Crippen LogP contribution in [0.25, 0.3) is 0 Å². The number of hydrogen-bond acceptors (Lipinski definition) is 2. The van der Waals surface area contributed by atoms with E-state index in [2.05, 4.69) is 5.32 Å². The summed E-state index contributed by atoms with van der Waals surface area (Å²) in [7, 11) is 0. The van der Waals surface area contributed by atoms with Gasteiger partial charge in [0.15, 0.2) is 0 Å². The number of piperazine rings is 1. The Hall–Kier alpha value is -1.84. The maximum Gasteiger partial charge on any atom is 0.246 e. The van der Waals surface area contributed by atoms with E-state index in [1.807, 2.05) is 44.2 Å². The molecule has 4 heteroatoms. The highest BCUT2D eigenvalue weighted by Crippen LogP contribution is 2.29. The molecule has 0 spiro atoms. The van der Waals surface area contributed by atoms with Gasteiger partial charge in [0.2, 0.25) is 11.8 Å². The van der Waals surface area contributed by atoms with Gasteiger partial charge in [0.25, 0.3) is 0 Å². The zero-order chi connectivity index (χ0) is 14.7. The summed E-state index contributed by atoms with van der Waals surface area (Å²) in [4.78, 5) is 26.4. The third-order valence-electron chi connectivity index (χ3n) is 3.98. The second-order valence-electron chi connectivity index (χ2n) is 5.23. The minimum atomic E-state index is -0.421. The Labute approximate surface area is 120 Å². The van der Waals surface area contributed by atoms with Crippen LogP contribution in [0.3, 0.4) is 0 Å². The van der Waals surface area contributed by atoms with Gasteiger partial charge in [-0.2, -0.15) is 0 Å². The number of benzene rings is 1. The van der Waals surface area contributed by atoms with Gasteiger partial charge in [0.05, 0.1) is 6.04 Å². The summed E-state index contributed by atoms with van der Waals surface area (Å²) < 4.78 is 0. The van der Waals surface area contributed by atoms with Gasteiger partial charge in [-0.3, -0.25) is 9.59 Å². The van der Waals surface area contributed by atoms with Gasteiger partial charge in [-0.15, -0.1) is 0 Å². The molecule has 20 heavy (non-hydrogen) atoms. The summed E-state index contributed by atoms with van der Waals surface area (Å²) in [5, 5.41) is 2.80. The summed E-state index contributed by atoms with van der Waals surface area (Å²) in [6, 6.07) is 9.07. The van der Waals surface area contributed by atoms with Gasteiger partial charge in [0.1, 0.15) is 12.1 Å². The smallest absolute Gasteiger partial charge is 0.246 e. The van der Waals surface area contributed by atoms with Crippen LogP contribution in [0.2, 0.25) is 0 Å². The Bertz CT molecular complexity index is 487. The molecule has 3 unspecified atom stereocenters. The molecule has 0 bridgehead atoms. The molecular weight excluding hydrogens is 252 g/mol. The quantitative estimate of drug-likeness (QED) is 0.915. The van der Waals surface area contributed by atoms with Crippen LogP contribution in [0.15, 0.2) is 30.3 Å². The van der Waals surface area contributed by atoms with Crippen molar-refractivity contribution in [1.29, 1.82) is 0 Å². The fourth-order valence-corrected chi connectivity index (χ4v) is 2.82. The zero-order valence-corrected chi connectivity index (χ0v) is 12.3. The Morgan fingerprint density at radius 2 is 1.85 bits per heavy atom. The molecule has 1 saturated heterocycles. The SMILES string of the molecule is CCC1NC(=O)C(C)N(C(CC)c2ccccc2)C1=O. The molecule has 1 aliphatic rings. The molecule has 2 amide bonds. The largest absolute Gasteiger partial charge is 0.343 e. The molecule has 1 aromatic rings. The van der Waals surface area contributed by atoms with E-state index in [1.165, 1.54) is 0 Å². The number of carbonyl (C=O) groups excluding carboxylic acids is 2. The van der Waals surface area contributed by atoms with Gasteiger partial charge in [0, 0.05) is 0 Å². The number of carbonyl (C=O) groups is 2. The van der Waals surface area contributed by atoms with Gasteiger partial charge in [-0.25, -0.2) is 0 Å². The third kappa shape index (κ3) is 2.55. The number of hydrogen-bond donors (Lipinski definition) is 1. The van der Waals surface area contributed by atoms with Crippen molar-refractivity contribution in [3.8, 4) is 0 Å². The van der Waals surface area contributed by atoms with Crippen molar-refractivity contribution in [3.05, 3.63) is 35.9 Å². The van der Waals surface area contributed by atoms with Crippen LogP contribution >= 0.6 is 0 Å². The van der Waals surface area contributed by atoms with E-state index in [1.54, 1.807) is 11.8 Å². The second kappa shape index (κ2) is 6.07. The lowest BCUT2D eigenvalue weighted by atomic mass is 9.97. The molecule has 1 aromatic carbocycles. The van der Waals surface area contributed by atoms with Crippen molar-refractivity contribution in [3.63, 3.8) is 0 Å². The molecule has 4 nitrogen and oxygen atoms in total. The van der Waals surface area contributed by atoms with E-state index < -0.39 is 12.1 Å². The van der Waals surface area contributed by atoms with Crippen LogP contribution in [0.1, 0.15) is 45.2 Å². The molecule has 0 radical (unpaired) electrons. The van der Waals surface area contributed by atoms with Crippen LogP contribution in [0.5, 0.6) is 0 Å². The van der Waals surface area contributed by atoms with E-state index in [-0.39, 0.29) is 17.9 Å². The predicted octanol–water partition coefficient (Wildman–Crippen LogP) is 2.26. The molecule has 0 aliphatic carbocycles. The molecule has 1 N–H and O–H groups in total. The van der Waals surface area contributed by atoms with Crippen LogP contribution in [-0.4, -0.2) is 28.8 Å². The van der Waals surface area contributed by atoms with Crippen molar-refractivity contribution in [2.45, 2.75) is 51.7 Å². The van der Waals surface area contributed by atoms with E-state index in [0.29, 0.717) is 6.42 Å². The molecule has 3 atom stereocenters. The van der Waals surface area contributed by atoms with E-state index in [9.17, 15) is 9.59 Å². The average molecular weight is 274 g/mol. The maximum atomic E-state index is 12.6. The van der Waals surface area contributed by atoms with Gasteiger partial charge in [-0.05, 0) is 25.3 Å². The first-order chi connectivity index (χ1) is 9.60. The molecule has 108 valence electrons. The van der Waals surface area contributed by atoms with E-state index >= 15 is 0 Å². The lowest BCUT2D eigenvalue weighted by Crippen LogP contribution is -2.62. The molecule has 1 aliphatic heterocycles. The van der Waals surface area contributed by atoms with E-state index in [0.717, 1.165) is 12.0 Å². The van der Waals surface area contributed by atoms with Gasteiger partial charge >= 0.3 is 0 Å². The lowest BCUT2D eigenvalue weighted by molar-refractivity contribution is -0.151. The average Bonchev–Trinajstić information content (AvgIpc) is 2.48. The van der Waals surface area contributed by atoms with Crippen LogP contribution < -0.4 is 5.32 Å². The van der Waals surface area contributed by atoms with Crippen molar-refractivity contribution in [1.82, 2.24) is 10.2 Å².